The number of esters is 1. The van der Waals surface area contributed by atoms with E-state index < -0.39 is 5.97 Å². The van der Waals surface area contributed by atoms with Gasteiger partial charge in [0.2, 0.25) is 0 Å². The number of aromatic hydroxyl groups is 1. The molecule has 0 bridgehead atoms. The van der Waals surface area contributed by atoms with Gasteiger partial charge in [0.15, 0.2) is 0 Å². The molecule has 0 amide bonds. The van der Waals surface area contributed by atoms with Gasteiger partial charge < -0.3 is 28.6 Å². The quantitative estimate of drug-likeness (QED) is 0.147. The van der Waals surface area contributed by atoms with Crippen molar-refractivity contribution >= 4 is 5.97 Å². The SMILES string of the molecule is CCCc1c(OCCCOc2cc(O)c(-n3cccc3)cc2CC)cccc1Oc1ccccc1C(=O)OC. The van der Waals surface area contributed by atoms with E-state index in [9.17, 15) is 9.90 Å². The summed E-state index contributed by atoms with van der Waals surface area (Å²) in [5, 5.41) is 10.5. The first-order valence-corrected chi connectivity index (χ1v) is 13.3. The Morgan fingerprint density at radius 3 is 2.26 bits per heavy atom. The minimum absolute atomic E-state index is 0.171. The summed E-state index contributed by atoms with van der Waals surface area (Å²) in [5.41, 5.74) is 3.07. The minimum atomic E-state index is -0.450. The lowest BCUT2D eigenvalue weighted by Crippen LogP contribution is -2.08. The number of rotatable bonds is 13. The van der Waals surface area contributed by atoms with Gasteiger partial charge in [0.1, 0.15) is 34.3 Å². The number of hydrogen-bond donors (Lipinski definition) is 1. The van der Waals surface area contributed by atoms with Crippen LogP contribution in [0.15, 0.2) is 79.1 Å². The van der Waals surface area contributed by atoms with Crippen molar-refractivity contribution in [2.75, 3.05) is 20.3 Å². The van der Waals surface area contributed by atoms with Crippen molar-refractivity contribution in [1.29, 1.82) is 0 Å². The number of nitrogens with zero attached hydrogens (tertiary/aromatic N) is 1. The van der Waals surface area contributed by atoms with Crippen LogP contribution in [0.4, 0.5) is 0 Å². The summed E-state index contributed by atoms with van der Waals surface area (Å²) in [6.07, 6.45) is 6.90. The van der Waals surface area contributed by atoms with Gasteiger partial charge >= 0.3 is 5.97 Å². The third kappa shape index (κ3) is 6.74. The topological polar surface area (TPSA) is 79.1 Å². The Labute approximate surface area is 229 Å². The molecule has 0 saturated carbocycles. The summed E-state index contributed by atoms with van der Waals surface area (Å²) in [4.78, 5) is 12.2. The third-order valence-electron chi connectivity index (χ3n) is 6.33. The number of aryl methyl sites for hydroxylation is 1. The van der Waals surface area contributed by atoms with Crippen LogP contribution < -0.4 is 14.2 Å². The molecular weight excluding hydrogens is 494 g/mol. The minimum Gasteiger partial charge on any atom is -0.506 e. The highest BCUT2D eigenvalue weighted by Crippen LogP contribution is 2.35. The summed E-state index contributed by atoms with van der Waals surface area (Å²) in [7, 11) is 1.35. The van der Waals surface area contributed by atoms with Crippen LogP contribution in [-0.2, 0) is 17.6 Å². The van der Waals surface area contributed by atoms with Gasteiger partial charge in [-0.25, -0.2) is 4.79 Å². The first-order chi connectivity index (χ1) is 19.0. The number of methoxy groups -OCH3 is 1. The summed E-state index contributed by atoms with van der Waals surface area (Å²) >= 11 is 0. The van der Waals surface area contributed by atoms with E-state index in [1.54, 1.807) is 24.3 Å². The number of carbonyl (C=O) groups excluding carboxylic acids is 1. The van der Waals surface area contributed by atoms with Crippen LogP contribution in [0.2, 0.25) is 0 Å². The number of phenols is 1. The van der Waals surface area contributed by atoms with E-state index in [2.05, 4.69) is 13.8 Å². The van der Waals surface area contributed by atoms with Gasteiger partial charge in [0.05, 0.1) is 26.0 Å². The number of benzene rings is 3. The molecule has 3 aromatic carbocycles. The maximum absolute atomic E-state index is 12.2. The molecule has 0 aliphatic rings. The number of carbonyl (C=O) groups is 1. The highest BCUT2D eigenvalue weighted by molar-refractivity contribution is 5.92. The molecule has 39 heavy (non-hydrogen) atoms. The van der Waals surface area contributed by atoms with Gasteiger partial charge in [-0.05, 0) is 60.9 Å². The highest BCUT2D eigenvalue weighted by Gasteiger charge is 2.17. The first-order valence-electron chi connectivity index (χ1n) is 13.3. The molecule has 1 aromatic heterocycles. The van der Waals surface area contributed by atoms with Crippen molar-refractivity contribution in [3.63, 3.8) is 0 Å². The Bertz CT molecular complexity index is 1380. The van der Waals surface area contributed by atoms with Crippen molar-refractivity contribution in [2.45, 2.75) is 39.5 Å². The Morgan fingerprint density at radius 1 is 0.846 bits per heavy atom. The first kappa shape index (κ1) is 27.6. The monoisotopic (exact) mass is 529 g/mol. The molecule has 0 radical (unpaired) electrons. The van der Waals surface area contributed by atoms with Crippen LogP contribution in [0.5, 0.6) is 28.7 Å². The second-order valence-corrected chi connectivity index (χ2v) is 9.02. The molecule has 1 N–H and O–H groups in total. The van der Waals surface area contributed by atoms with Gasteiger partial charge in [-0.15, -0.1) is 0 Å². The summed E-state index contributed by atoms with van der Waals surface area (Å²) < 4.78 is 25.1. The molecule has 0 unspecified atom stereocenters. The zero-order valence-corrected chi connectivity index (χ0v) is 22.7. The normalized spacial score (nSPS) is 10.7. The van der Waals surface area contributed by atoms with Gasteiger partial charge in [-0.3, -0.25) is 0 Å². The molecule has 7 nitrogen and oxygen atoms in total. The molecule has 0 spiro atoms. The maximum atomic E-state index is 12.2. The van der Waals surface area contributed by atoms with Crippen molar-refractivity contribution in [1.82, 2.24) is 4.57 Å². The summed E-state index contributed by atoms with van der Waals surface area (Å²) in [6.45, 7) is 5.06. The Morgan fingerprint density at radius 2 is 1.54 bits per heavy atom. The van der Waals surface area contributed by atoms with Crippen molar-refractivity contribution < 1.29 is 28.8 Å². The number of ether oxygens (including phenoxy) is 4. The fraction of sp³-hybridized carbons (Fsp3) is 0.281. The van der Waals surface area contributed by atoms with Crippen LogP contribution in [-0.4, -0.2) is 36.0 Å². The summed E-state index contributed by atoms with van der Waals surface area (Å²) in [5.74, 6) is 2.22. The van der Waals surface area contributed by atoms with E-state index in [1.165, 1.54) is 7.11 Å². The lowest BCUT2D eigenvalue weighted by Gasteiger charge is -2.17. The van der Waals surface area contributed by atoms with Gasteiger partial charge in [0.25, 0.3) is 0 Å². The second kappa shape index (κ2) is 13.4. The largest absolute Gasteiger partial charge is 0.506 e. The molecule has 0 aliphatic heterocycles. The second-order valence-electron chi connectivity index (χ2n) is 9.02. The van der Waals surface area contributed by atoms with E-state index in [0.717, 1.165) is 41.8 Å². The third-order valence-corrected chi connectivity index (χ3v) is 6.33. The average molecular weight is 530 g/mol. The van der Waals surface area contributed by atoms with E-state index >= 15 is 0 Å². The fourth-order valence-corrected chi connectivity index (χ4v) is 4.36. The Balaban J connectivity index is 1.40. The number of para-hydroxylation sites is 1. The Kier molecular flexibility index (Phi) is 9.51. The number of aromatic nitrogens is 1. The number of hydrogen-bond acceptors (Lipinski definition) is 6. The van der Waals surface area contributed by atoms with Crippen LogP contribution in [0.3, 0.4) is 0 Å². The van der Waals surface area contributed by atoms with Crippen LogP contribution in [0.25, 0.3) is 5.69 Å². The molecular formula is C32H35NO6. The van der Waals surface area contributed by atoms with Crippen LogP contribution in [0, 0.1) is 0 Å². The zero-order chi connectivity index (χ0) is 27.6. The molecule has 0 atom stereocenters. The van der Waals surface area contributed by atoms with Crippen LogP contribution >= 0.6 is 0 Å². The van der Waals surface area contributed by atoms with E-state index in [1.807, 2.05) is 59.4 Å². The predicted octanol–water partition coefficient (Wildman–Crippen LogP) is 7.12. The van der Waals surface area contributed by atoms with E-state index in [-0.39, 0.29) is 5.75 Å². The van der Waals surface area contributed by atoms with Gasteiger partial charge in [0, 0.05) is 30.4 Å². The molecule has 0 saturated heterocycles. The molecule has 0 aliphatic carbocycles. The van der Waals surface area contributed by atoms with Crippen molar-refractivity contribution in [3.05, 3.63) is 95.8 Å². The van der Waals surface area contributed by atoms with Gasteiger partial charge in [-0.1, -0.05) is 38.5 Å². The van der Waals surface area contributed by atoms with Crippen molar-refractivity contribution in [2.24, 2.45) is 0 Å². The predicted molar refractivity (Wildman–Crippen MR) is 151 cm³/mol. The van der Waals surface area contributed by atoms with E-state index in [0.29, 0.717) is 42.4 Å². The highest BCUT2D eigenvalue weighted by atomic mass is 16.5. The lowest BCUT2D eigenvalue weighted by atomic mass is 10.1. The van der Waals surface area contributed by atoms with Crippen LogP contribution in [0.1, 0.15) is 48.2 Å². The lowest BCUT2D eigenvalue weighted by molar-refractivity contribution is 0.0598. The molecule has 4 aromatic rings. The smallest absolute Gasteiger partial charge is 0.341 e. The zero-order valence-electron chi connectivity index (χ0n) is 22.7. The molecule has 0 fully saturated rings. The standard InChI is InChI=1S/C32H35NO6/c1-4-12-24-28(15-10-16-29(24)39-30-14-7-6-13-25(30)32(35)36-3)37-19-11-20-38-31-22-27(34)26(21-23(31)5-2)33-17-8-9-18-33/h6-10,13-18,21-22,34H,4-5,11-12,19-20H2,1-3H3. The molecule has 4 rings (SSSR count). The molecule has 1 heterocycles. The van der Waals surface area contributed by atoms with Gasteiger partial charge in [-0.2, -0.15) is 0 Å². The summed E-state index contributed by atoms with van der Waals surface area (Å²) in [6, 6.07) is 20.2. The van der Waals surface area contributed by atoms with E-state index in [4.69, 9.17) is 18.9 Å². The fourth-order valence-electron chi connectivity index (χ4n) is 4.36. The van der Waals surface area contributed by atoms with Crippen molar-refractivity contribution in [3.8, 4) is 34.4 Å². The molecule has 7 heteroatoms. The Hall–Kier alpha value is -4.39. The average Bonchev–Trinajstić information content (AvgIpc) is 3.49. The number of phenolic OH excluding ortho intramolecular Hbond substituents is 1. The maximum Gasteiger partial charge on any atom is 0.341 e. The molecule has 204 valence electrons.